The van der Waals surface area contributed by atoms with Gasteiger partial charge in [0, 0.05) is 24.2 Å². The van der Waals surface area contributed by atoms with E-state index in [4.69, 9.17) is 4.74 Å². The largest absolute Gasteiger partial charge is 0.494 e. The Morgan fingerprint density at radius 1 is 1.15 bits per heavy atom. The first-order valence-electron chi connectivity index (χ1n) is 8.66. The van der Waals surface area contributed by atoms with E-state index in [0.29, 0.717) is 36.6 Å². The lowest BCUT2D eigenvalue weighted by atomic mass is 10.1. The summed E-state index contributed by atoms with van der Waals surface area (Å²) >= 11 is 0. The van der Waals surface area contributed by atoms with Gasteiger partial charge in [-0.15, -0.1) is 0 Å². The Balaban J connectivity index is 1.87. The van der Waals surface area contributed by atoms with Crippen LogP contribution in [0.5, 0.6) is 5.75 Å². The maximum Gasteiger partial charge on any atom is 0.259 e. The van der Waals surface area contributed by atoms with Gasteiger partial charge in [0.05, 0.1) is 6.61 Å². The minimum Gasteiger partial charge on any atom is -0.494 e. The highest BCUT2D eigenvalue weighted by Gasteiger charge is 2.26. The van der Waals surface area contributed by atoms with Crippen molar-refractivity contribution >= 4 is 17.5 Å². The molecule has 0 radical (unpaired) electrons. The van der Waals surface area contributed by atoms with Crippen LogP contribution < -0.4 is 9.64 Å². The highest BCUT2D eigenvalue weighted by atomic mass is 19.1. The van der Waals surface area contributed by atoms with E-state index in [1.165, 1.54) is 17.0 Å². The van der Waals surface area contributed by atoms with Crippen molar-refractivity contribution in [3.05, 3.63) is 59.9 Å². The van der Waals surface area contributed by atoms with Crippen molar-refractivity contribution in [2.75, 3.05) is 24.7 Å². The number of amides is 2. The van der Waals surface area contributed by atoms with Crippen LogP contribution in [0.25, 0.3) is 0 Å². The molecule has 5 nitrogen and oxygen atoms in total. The summed E-state index contributed by atoms with van der Waals surface area (Å²) in [6, 6.07) is 12.6. The second-order valence-corrected chi connectivity index (χ2v) is 6.07. The minimum absolute atomic E-state index is 0.0246. The normalized spacial score (nSPS) is 13.8. The van der Waals surface area contributed by atoms with Crippen LogP contribution >= 0.6 is 0 Å². The highest BCUT2D eigenvalue weighted by Crippen LogP contribution is 2.22. The van der Waals surface area contributed by atoms with Crippen LogP contribution in [-0.4, -0.2) is 36.5 Å². The van der Waals surface area contributed by atoms with Crippen molar-refractivity contribution in [1.29, 1.82) is 0 Å². The van der Waals surface area contributed by atoms with Gasteiger partial charge in [0.25, 0.3) is 5.91 Å². The fourth-order valence-corrected chi connectivity index (χ4v) is 2.92. The standard InChI is InChI=1S/C20H21FN2O3/c1-2-26-18-11-5-15(6-12-18)20(25)23(14-22-13-3-4-19(22)24)17-9-7-16(21)8-10-17/h5-12H,2-4,13-14H2,1H3. The molecular weight excluding hydrogens is 335 g/mol. The van der Waals surface area contributed by atoms with Gasteiger partial charge in [-0.25, -0.2) is 4.39 Å². The Labute approximate surface area is 152 Å². The summed E-state index contributed by atoms with van der Waals surface area (Å²) in [7, 11) is 0. The predicted octanol–water partition coefficient (Wildman–Crippen LogP) is 3.45. The Bertz CT molecular complexity index is 775. The molecule has 2 aromatic carbocycles. The number of anilines is 1. The first-order valence-corrected chi connectivity index (χ1v) is 8.66. The average Bonchev–Trinajstić information content (AvgIpc) is 3.06. The lowest BCUT2D eigenvalue weighted by Gasteiger charge is -2.28. The maximum atomic E-state index is 13.3. The quantitative estimate of drug-likeness (QED) is 0.797. The molecule has 1 heterocycles. The Morgan fingerprint density at radius 3 is 2.42 bits per heavy atom. The van der Waals surface area contributed by atoms with Crippen molar-refractivity contribution in [2.24, 2.45) is 0 Å². The molecule has 2 aromatic rings. The van der Waals surface area contributed by atoms with Crippen molar-refractivity contribution in [2.45, 2.75) is 19.8 Å². The molecule has 0 saturated carbocycles. The zero-order chi connectivity index (χ0) is 18.5. The molecule has 136 valence electrons. The Morgan fingerprint density at radius 2 is 1.85 bits per heavy atom. The highest BCUT2D eigenvalue weighted by molar-refractivity contribution is 6.06. The van der Waals surface area contributed by atoms with E-state index in [2.05, 4.69) is 0 Å². The molecule has 1 fully saturated rings. The maximum absolute atomic E-state index is 13.3. The van der Waals surface area contributed by atoms with Crippen molar-refractivity contribution < 1.29 is 18.7 Å². The molecule has 0 spiro atoms. The number of carbonyl (C=O) groups is 2. The summed E-state index contributed by atoms with van der Waals surface area (Å²) in [6.45, 7) is 3.21. The lowest BCUT2D eigenvalue weighted by Crippen LogP contribution is -2.42. The predicted molar refractivity (Wildman–Crippen MR) is 96.6 cm³/mol. The molecule has 0 aromatic heterocycles. The fourth-order valence-electron chi connectivity index (χ4n) is 2.92. The van der Waals surface area contributed by atoms with E-state index in [9.17, 15) is 14.0 Å². The Hall–Kier alpha value is -2.89. The fraction of sp³-hybridized carbons (Fsp3) is 0.300. The third kappa shape index (κ3) is 4.02. The zero-order valence-electron chi connectivity index (χ0n) is 14.7. The van der Waals surface area contributed by atoms with E-state index in [1.54, 1.807) is 41.3 Å². The smallest absolute Gasteiger partial charge is 0.259 e. The summed E-state index contributed by atoms with van der Waals surface area (Å²) < 4.78 is 18.7. The van der Waals surface area contributed by atoms with Gasteiger partial charge in [0.15, 0.2) is 0 Å². The molecule has 3 rings (SSSR count). The summed E-state index contributed by atoms with van der Waals surface area (Å²) in [5.41, 5.74) is 1.02. The van der Waals surface area contributed by atoms with Crippen molar-refractivity contribution in [3.63, 3.8) is 0 Å². The molecule has 0 aliphatic carbocycles. The first kappa shape index (κ1) is 17.9. The van der Waals surface area contributed by atoms with Gasteiger partial charge in [0.1, 0.15) is 18.2 Å². The number of carbonyl (C=O) groups excluding carboxylic acids is 2. The molecule has 1 saturated heterocycles. The van der Waals surface area contributed by atoms with Gasteiger partial charge in [0.2, 0.25) is 5.91 Å². The second kappa shape index (κ2) is 7.99. The topological polar surface area (TPSA) is 49.9 Å². The van der Waals surface area contributed by atoms with Gasteiger partial charge in [-0.3, -0.25) is 14.5 Å². The molecule has 0 atom stereocenters. The van der Waals surface area contributed by atoms with Gasteiger partial charge in [-0.2, -0.15) is 0 Å². The van der Waals surface area contributed by atoms with Crippen LogP contribution in [0.2, 0.25) is 0 Å². The van der Waals surface area contributed by atoms with E-state index in [1.807, 2.05) is 6.92 Å². The molecule has 1 aliphatic rings. The van der Waals surface area contributed by atoms with Crippen molar-refractivity contribution in [1.82, 2.24) is 4.90 Å². The van der Waals surface area contributed by atoms with Crippen LogP contribution in [0.15, 0.2) is 48.5 Å². The third-order valence-electron chi connectivity index (χ3n) is 4.28. The van der Waals surface area contributed by atoms with Gasteiger partial charge < -0.3 is 9.64 Å². The number of benzene rings is 2. The van der Waals surface area contributed by atoms with Gasteiger partial charge in [-0.1, -0.05) is 0 Å². The minimum atomic E-state index is -0.375. The number of nitrogens with zero attached hydrogens (tertiary/aromatic N) is 2. The van der Waals surface area contributed by atoms with Crippen LogP contribution in [0.4, 0.5) is 10.1 Å². The molecule has 0 N–H and O–H groups in total. The Kier molecular flexibility index (Phi) is 5.51. The number of ether oxygens (including phenoxy) is 1. The van der Waals surface area contributed by atoms with Gasteiger partial charge in [-0.05, 0) is 61.9 Å². The van der Waals surface area contributed by atoms with Crippen LogP contribution in [0.1, 0.15) is 30.1 Å². The molecule has 1 aliphatic heterocycles. The molecular formula is C20H21FN2O3. The SMILES string of the molecule is CCOc1ccc(C(=O)N(CN2CCCC2=O)c2ccc(F)cc2)cc1. The molecule has 6 heteroatoms. The number of likely N-dealkylation sites (tertiary alicyclic amines) is 1. The van der Waals surface area contributed by atoms with Crippen LogP contribution in [0.3, 0.4) is 0 Å². The van der Waals surface area contributed by atoms with E-state index in [-0.39, 0.29) is 24.3 Å². The van der Waals surface area contributed by atoms with Crippen molar-refractivity contribution in [3.8, 4) is 5.75 Å². The van der Waals surface area contributed by atoms with Crippen LogP contribution in [-0.2, 0) is 4.79 Å². The van der Waals surface area contributed by atoms with E-state index >= 15 is 0 Å². The summed E-state index contributed by atoms with van der Waals surface area (Å²) in [5.74, 6) is 0.0857. The average molecular weight is 356 g/mol. The number of rotatable bonds is 6. The summed E-state index contributed by atoms with van der Waals surface area (Å²) in [4.78, 5) is 28.2. The summed E-state index contributed by atoms with van der Waals surface area (Å²) in [6.07, 6.45) is 1.28. The third-order valence-corrected chi connectivity index (χ3v) is 4.28. The van der Waals surface area contributed by atoms with E-state index < -0.39 is 0 Å². The molecule has 0 unspecified atom stereocenters. The molecule has 26 heavy (non-hydrogen) atoms. The van der Waals surface area contributed by atoms with Gasteiger partial charge >= 0.3 is 0 Å². The second-order valence-electron chi connectivity index (χ2n) is 6.07. The number of halogens is 1. The number of hydrogen-bond acceptors (Lipinski definition) is 3. The lowest BCUT2D eigenvalue weighted by molar-refractivity contribution is -0.127. The number of hydrogen-bond donors (Lipinski definition) is 0. The molecule has 2 amide bonds. The first-order chi connectivity index (χ1) is 12.6. The summed E-state index contributed by atoms with van der Waals surface area (Å²) in [5, 5.41) is 0. The molecule has 0 bridgehead atoms. The van der Waals surface area contributed by atoms with E-state index in [0.717, 1.165) is 6.42 Å². The monoisotopic (exact) mass is 356 g/mol. The zero-order valence-corrected chi connectivity index (χ0v) is 14.7. The van der Waals surface area contributed by atoms with Crippen LogP contribution in [0, 0.1) is 5.82 Å².